The number of carbonyl (C=O) groups is 1. The minimum atomic E-state index is -0.291. The summed E-state index contributed by atoms with van der Waals surface area (Å²) in [5, 5.41) is 0. The van der Waals surface area contributed by atoms with Crippen molar-refractivity contribution in [3.8, 4) is 0 Å². The summed E-state index contributed by atoms with van der Waals surface area (Å²) in [4.78, 5) is 14.2. The fraction of sp³-hybridized carbons (Fsp3) is 0.929. The molecule has 18 heavy (non-hydrogen) atoms. The average Bonchev–Trinajstić information content (AvgIpc) is 2.84. The summed E-state index contributed by atoms with van der Waals surface area (Å²) in [5.41, 5.74) is -0.291. The lowest BCUT2D eigenvalue weighted by Gasteiger charge is -2.26. The molecule has 0 aromatic heterocycles. The first-order chi connectivity index (χ1) is 8.43. The second kappa shape index (κ2) is 5.17. The molecule has 0 aromatic carbocycles. The van der Waals surface area contributed by atoms with Crippen LogP contribution in [0.2, 0.25) is 0 Å². The van der Waals surface area contributed by atoms with Crippen molar-refractivity contribution < 1.29 is 14.3 Å². The lowest BCUT2D eigenvalue weighted by Crippen LogP contribution is -2.39. The third-order valence-corrected chi connectivity index (χ3v) is 4.06. The first kappa shape index (κ1) is 13.8. The number of hydrogen-bond donors (Lipinski definition) is 0. The highest BCUT2D eigenvalue weighted by molar-refractivity contribution is 5.81. The van der Waals surface area contributed by atoms with Gasteiger partial charge in [-0.3, -0.25) is 4.79 Å². The molecule has 2 heterocycles. The molecule has 0 aliphatic carbocycles. The largest absolute Gasteiger partial charge is 0.385 e. The maximum absolute atomic E-state index is 12.3. The number of likely N-dealkylation sites (tertiary alicyclic amines) is 1. The Morgan fingerprint density at radius 2 is 2.11 bits per heavy atom. The molecule has 104 valence electrons. The van der Waals surface area contributed by atoms with E-state index in [1.54, 1.807) is 7.11 Å². The SMILES string of the molecule is COCC[C@H]1CO[C@H]2CN(C(=O)C(C)(C)C)C[C@@H]12. The summed E-state index contributed by atoms with van der Waals surface area (Å²) in [6, 6.07) is 0. The monoisotopic (exact) mass is 255 g/mol. The van der Waals surface area contributed by atoms with E-state index >= 15 is 0 Å². The van der Waals surface area contributed by atoms with Crippen LogP contribution in [0.25, 0.3) is 0 Å². The van der Waals surface area contributed by atoms with Gasteiger partial charge >= 0.3 is 0 Å². The molecule has 2 fully saturated rings. The number of nitrogens with zero attached hydrogens (tertiary/aromatic N) is 1. The fourth-order valence-corrected chi connectivity index (χ4v) is 3.01. The smallest absolute Gasteiger partial charge is 0.228 e. The predicted octanol–water partition coefficient (Wildman–Crippen LogP) is 1.54. The summed E-state index contributed by atoms with van der Waals surface area (Å²) in [5.74, 6) is 1.30. The van der Waals surface area contributed by atoms with Crippen molar-refractivity contribution in [2.24, 2.45) is 17.3 Å². The van der Waals surface area contributed by atoms with Gasteiger partial charge in [-0.25, -0.2) is 0 Å². The summed E-state index contributed by atoms with van der Waals surface area (Å²) in [6.45, 7) is 9.17. The second-order valence-electron chi connectivity index (χ2n) is 6.54. The van der Waals surface area contributed by atoms with E-state index in [4.69, 9.17) is 9.47 Å². The summed E-state index contributed by atoms with van der Waals surface area (Å²) in [7, 11) is 1.73. The van der Waals surface area contributed by atoms with Crippen LogP contribution >= 0.6 is 0 Å². The van der Waals surface area contributed by atoms with Gasteiger partial charge in [-0.05, 0) is 12.3 Å². The highest BCUT2D eigenvalue weighted by Gasteiger charge is 2.46. The zero-order chi connectivity index (χ0) is 13.3. The van der Waals surface area contributed by atoms with Crippen molar-refractivity contribution in [1.82, 2.24) is 4.90 Å². The summed E-state index contributed by atoms with van der Waals surface area (Å²) >= 11 is 0. The van der Waals surface area contributed by atoms with Gasteiger partial charge in [0.2, 0.25) is 5.91 Å². The normalized spacial score (nSPS) is 31.8. The maximum atomic E-state index is 12.3. The highest BCUT2D eigenvalue weighted by Crippen LogP contribution is 2.36. The second-order valence-corrected chi connectivity index (χ2v) is 6.54. The molecule has 0 radical (unpaired) electrons. The molecule has 1 amide bonds. The van der Waals surface area contributed by atoms with E-state index in [0.29, 0.717) is 11.8 Å². The van der Waals surface area contributed by atoms with Crippen LogP contribution in [-0.4, -0.2) is 50.3 Å². The molecular formula is C14H25NO3. The standard InChI is InChI=1S/C14H25NO3/c1-14(2,3)13(16)15-7-11-10(5-6-17-4)9-18-12(11)8-15/h10-12H,5-9H2,1-4H3/t10-,11-,12-/m0/s1. The van der Waals surface area contributed by atoms with Crippen LogP contribution in [0.4, 0.5) is 0 Å². The van der Waals surface area contributed by atoms with Crippen molar-refractivity contribution >= 4 is 5.91 Å². The molecule has 0 saturated carbocycles. The Balaban J connectivity index is 1.94. The minimum absolute atomic E-state index is 0.242. The lowest BCUT2D eigenvalue weighted by atomic mass is 9.90. The van der Waals surface area contributed by atoms with Gasteiger partial charge in [0.15, 0.2) is 0 Å². The van der Waals surface area contributed by atoms with E-state index in [2.05, 4.69) is 0 Å². The van der Waals surface area contributed by atoms with Gasteiger partial charge in [0.05, 0.1) is 12.7 Å². The maximum Gasteiger partial charge on any atom is 0.228 e. The third kappa shape index (κ3) is 2.69. The van der Waals surface area contributed by atoms with Gasteiger partial charge in [0.1, 0.15) is 0 Å². The van der Waals surface area contributed by atoms with Gasteiger partial charge in [0, 0.05) is 38.1 Å². The third-order valence-electron chi connectivity index (χ3n) is 4.06. The molecule has 2 aliphatic heterocycles. The lowest BCUT2D eigenvalue weighted by molar-refractivity contribution is -0.139. The quantitative estimate of drug-likeness (QED) is 0.768. The molecule has 3 atom stereocenters. The van der Waals surface area contributed by atoms with E-state index < -0.39 is 0 Å². The Morgan fingerprint density at radius 1 is 1.39 bits per heavy atom. The fourth-order valence-electron chi connectivity index (χ4n) is 3.01. The Morgan fingerprint density at radius 3 is 2.72 bits per heavy atom. The first-order valence-corrected chi connectivity index (χ1v) is 6.83. The number of rotatable bonds is 3. The molecule has 0 aromatic rings. The molecule has 2 rings (SSSR count). The van der Waals surface area contributed by atoms with Gasteiger partial charge in [-0.2, -0.15) is 0 Å². The number of ether oxygens (including phenoxy) is 2. The van der Waals surface area contributed by atoms with Crippen LogP contribution in [-0.2, 0) is 14.3 Å². The van der Waals surface area contributed by atoms with Gasteiger partial charge in [-0.15, -0.1) is 0 Å². The molecule has 4 nitrogen and oxygen atoms in total. The number of hydrogen-bond acceptors (Lipinski definition) is 3. The van der Waals surface area contributed by atoms with E-state index in [0.717, 1.165) is 32.7 Å². The zero-order valence-electron chi connectivity index (χ0n) is 11.9. The van der Waals surface area contributed by atoms with Crippen LogP contribution in [0.1, 0.15) is 27.2 Å². The highest BCUT2D eigenvalue weighted by atomic mass is 16.5. The van der Waals surface area contributed by atoms with E-state index in [1.807, 2.05) is 25.7 Å². The van der Waals surface area contributed by atoms with Crippen molar-refractivity contribution in [1.29, 1.82) is 0 Å². The molecule has 2 saturated heterocycles. The Labute approximate surface area is 110 Å². The predicted molar refractivity (Wildman–Crippen MR) is 69.2 cm³/mol. The average molecular weight is 255 g/mol. The Kier molecular flexibility index (Phi) is 3.97. The molecule has 0 unspecified atom stereocenters. The van der Waals surface area contributed by atoms with Crippen molar-refractivity contribution in [3.63, 3.8) is 0 Å². The Hall–Kier alpha value is -0.610. The topological polar surface area (TPSA) is 38.8 Å². The van der Waals surface area contributed by atoms with Gasteiger partial charge in [0.25, 0.3) is 0 Å². The molecule has 4 heteroatoms. The van der Waals surface area contributed by atoms with Crippen molar-refractivity contribution in [2.75, 3.05) is 33.4 Å². The van der Waals surface area contributed by atoms with Crippen LogP contribution in [0.3, 0.4) is 0 Å². The molecule has 0 bridgehead atoms. The van der Waals surface area contributed by atoms with E-state index in [9.17, 15) is 4.79 Å². The summed E-state index contributed by atoms with van der Waals surface area (Å²) < 4.78 is 11.0. The van der Waals surface area contributed by atoms with E-state index in [-0.39, 0.29) is 17.4 Å². The zero-order valence-corrected chi connectivity index (χ0v) is 11.9. The molecule has 0 N–H and O–H groups in total. The van der Waals surface area contributed by atoms with Crippen LogP contribution < -0.4 is 0 Å². The van der Waals surface area contributed by atoms with Crippen molar-refractivity contribution in [3.05, 3.63) is 0 Å². The van der Waals surface area contributed by atoms with Crippen molar-refractivity contribution in [2.45, 2.75) is 33.3 Å². The van der Waals surface area contributed by atoms with Crippen LogP contribution in [0.15, 0.2) is 0 Å². The number of carbonyl (C=O) groups excluding carboxylic acids is 1. The number of methoxy groups -OCH3 is 1. The molecule has 2 aliphatic rings. The Bertz CT molecular complexity index is 311. The van der Waals surface area contributed by atoms with Crippen LogP contribution in [0.5, 0.6) is 0 Å². The molecular weight excluding hydrogens is 230 g/mol. The first-order valence-electron chi connectivity index (χ1n) is 6.83. The number of fused-ring (bicyclic) bond motifs is 1. The number of amides is 1. The summed E-state index contributed by atoms with van der Waals surface area (Å²) in [6.07, 6.45) is 1.29. The minimum Gasteiger partial charge on any atom is -0.385 e. The van der Waals surface area contributed by atoms with E-state index in [1.165, 1.54) is 0 Å². The van der Waals surface area contributed by atoms with Crippen LogP contribution in [0, 0.1) is 17.3 Å². The van der Waals surface area contributed by atoms with Gasteiger partial charge in [-0.1, -0.05) is 20.8 Å². The molecule has 0 spiro atoms. The van der Waals surface area contributed by atoms with Gasteiger partial charge < -0.3 is 14.4 Å².